The van der Waals surface area contributed by atoms with E-state index in [0.29, 0.717) is 5.41 Å². The van der Waals surface area contributed by atoms with Gasteiger partial charge in [0.05, 0.1) is 20.3 Å². The average Bonchev–Trinajstić information content (AvgIpc) is 2.27. The molecule has 1 saturated heterocycles. The summed E-state index contributed by atoms with van der Waals surface area (Å²) < 4.78 is 10.4. The highest BCUT2D eigenvalue weighted by Gasteiger charge is 2.32. The average molecular weight is 221 g/mol. The quantitative estimate of drug-likeness (QED) is 0.822. The predicted octanol–water partition coefficient (Wildman–Crippen LogP) is 1.82. The van der Waals surface area contributed by atoms with E-state index in [4.69, 9.17) is 9.47 Å². The van der Waals surface area contributed by atoms with Crippen LogP contribution >= 0.6 is 0 Å². The van der Waals surface area contributed by atoms with Gasteiger partial charge in [-0.1, -0.05) is 19.1 Å². The minimum absolute atomic E-state index is 0.332. The van der Waals surface area contributed by atoms with Gasteiger partial charge in [0.2, 0.25) is 0 Å². The maximum Gasteiger partial charge on any atom is 0.119 e. The summed E-state index contributed by atoms with van der Waals surface area (Å²) in [5.41, 5.74) is 1.59. The Morgan fingerprint density at radius 3 is 2.88 bits per heavy atom. The molecule has 0 spiro atoms. The van der Waals surface area contributed by atoms with Crippen molar-refractivity contribution in [2.75, 3.05) is 26.9 Å². The lowest BCUT2D eigenvalue weighted by Crippen LogP contribution is -2.47. The van der Waals surface area contributed by atoms with Crippen molar-refractivity contribution < 1.29 is 9.47 Å². The van der Waals surface area contributed by atoms with Crippen molar-refractivity contribution >= 4 is 0 Å². The Labute approximate surface area is 96.8 Å². The van der Waals surface area contributed by atoms with Gasteiger partial charge in [-0.3, -0.25) is 0 Å². The molecule has 1 aromatic carbocycles. The molecule has 1 heterocycles. The van der Waals surface area contributed by atoms with Gasteiger partial charge in [-0.05, 0) is 17.7 Å². The smallest absolute Gasteiger partial charge is 0.119 e. The molecule has 2 rings (SSSR count). The molecule has 1 N–H and O–H groups in total. The van der Waals surface area contributed by atoms with Gasteiger partial charge in [0.25, 0.3) is 0 Å². The van der Waals surface area contributed by atoms with Crippen molar-refractivity contribution in [1.82, 2.24) is 5.32 Å². The van der Waals surface area contributed by atoms with E-state index in [-0.39, 0.29) is 0 Å². The molecular formula is C13H19NO2. The molecule has 0 aromatic heterocycles. The number of nitrogens with one attached hydrogen (secondary N) is 1. The third kappa shape index (κ3) is 2.74. The normalized spacial score (nSPS) is 17.9. The Morgan fingerprint density at radius 2 is 2.25 bits per heavy atom. The van der Waals surface area contributed by atoms with Crippen molar-refractivity contribution in [1.29, 1.82) is 0 Å². The highest BCUT2D eigenvalue weighted by molar-refractivity contribution is 5.28. The Bertz CT molecular complexity index is 348. The second-order valence-electron chi connectivity index (χ2n) is 4.76. The SMILES string of the molecule is COc1cccc(CNCC2(C)COC2)c1. The molecule has 3 nitrogen and oxygen atoms in total. The summed E-state index contributed by atoms with van der Waals surface area (Å²) in [5.74, 6) is 0.914. The molecule has 0 unspecified atom stereocenters. The second-order valence-corrected chi connectivity index (χ2v) is 4.76. The van der Waals surface area contributed by atoms with Gasteiger partial charge in [0, 0.05) is 18.5 Å². The molecule has 0 aliphatic carbocycles. The number of rotatable bonds is 5. The summed E-state index contributed by atoms with van der Waals surface area (Å²) in [7, 11) is 1.69. The van der Waals surface area contributed by atoms with Crippen LogP contribution in [0.25, 0.3) is 0 Å². The van der Waals surface area contributed by atoms with Crippen LogP contribution in [0.4, 0.5) is 0 Å². The molecule has 0 amide bonds. The van der Waals surface area contributed by atoms with Gasteiger partial charge in [0.15, 0.2) is 0 Å². The summed E-state index contributed by atoms with van der Waals surface area (Å²) in [6, 6.07) is 8.15. The largest absolute Gasteiger partial charge is 0.497 e. The first-order valence-electron chi connectivity index (χ1n) is 5.63. The van der Waals surface area contributed by atoms with Gasteiger partial charge >= 0.3 is 0 Å². The predicted molar refractivity (Wildman–Crippen MR) is 63.6 cm³/mol. The van der Waals surface area contributed by atoms with E-state index in [2.05, 4.69) is 24.4 Å². The summed E-state index contributed by atoms with van der Waals surface area (Å²) in [6.07, 6.45) is 0. The summed E-state index contributed by atoms with van der Waals surface area (Å²) in [5, 5.41) is 3.46. The van der Waals surface area contributed by atoms with Crippen molar-refractivity contribution in [3.63, 3.8) is 0 Å². The molecule has 1 fully saturated rings. The zero-order valence-corrected chi connectivity index (χ0v) is 9.95. The van der Waals surface area contributed by atoms with Crippen LogP contribution in [0.15, 0.2) is 24.3 Å². The fourth-order valence-corrected chi connectivity index (χ4v) is 1.84. The second kappa shape index (κ2) is 4.85. The van der Waals surface area contributed by atoms with Crippen LogP contribution in [-0.4, -0.2) is 26.9 Å². The first kappa shape index (κ1) is 11.4. The van der Waals surface area contributed by atoms with Crippen LogP contribution < -0.4 is 10.1 Å². The van der Waals surface area contributed by atoms with E-state index in [1.165, 1.54) is 5.56 Å². The maximum absolute atomic E-state index is 5.22. The lowest BCUT2D eigenvalue weighted by Gasteiger charge is -2.38. The minimum atomic E-state index is 0.332. The Hall–Kier alpha value is -1.06. The molecule has 3 heteroatoms. The van der Waals surface area contributed by atoms with Gasteiger partial charge in [-0.15, -0.1) is 0 Å². The molecule has 0 saturated carbocycles. The third-order valence-electron chi connectivity index (χ3n) is 2.92. The molecular weight excluding hydrogens is 202 g/mol. The van der Waals surface area contributed by atoms with Crippen molar-refractivity contribution in [3.05, 3.63) is 29.8 Å². The number of hydrogen-bond donors (Lipinski definition) is 1. The molecule has 0 atom stereocenters. The van der Waals surface area contributed by atoms with Crippen LogP contribution in [0, 0.1) is 5.41 Å². The van der Waals surface area contributed by atoms with E-state index in [0.717, 1.165) is 32.1 Å². The van der Waals surface area contributed by atoms with Gasteiger partial charge in [-0.25, -0.2) is 0 Å². The monoisotopic (exact) mass is 221 g/mol. The fraction of sp³-hybridized carbons (Fsp3) is 0.538. The Morgan fingerprint density at radius 1 is 1.44 bits per heavy atom. The van der Waals surface area contributed by atoms with E-state index in [1.54, 1.807) is 7.11 Å². The van der Waals surface area contributed by atoms with Crippen molar-refractivity contribution in [3.8, 4) is 5.75 Å². The minimum Gasteiger partial charge on any atom is -0.497 e. The van der Waals surface area contributed by atoms with E-state index < -0.39 is 0 Å². The fourth-order valence-electron chi connectivity index (χ4n) is 1.84. The zero-order valence-electron chi connectivity index (χ0n) is 9.95. The Kier molecular flexibility index (Phi) is 3.46. The number of hydrogen-bond acceptors (Lipinski definition) is 3. The molecule has 1 aliphatic rings. The molecule has 1 aromatic rings. The highest BCUT2D eigenvalue weighted by Crippen LogP contribution is 2.25. The Balaban J connectivity index is 1.80. The zero-order chi connectivity index (χ0) is 11.4. The lowest BCUT2D eigenvalue weighted by molar-refractivity contribution is -0.0991. The highest BCUT2D eigenvalue weighted by atomic mass is 16.5. The van der Waals surface area contributed by atoms with Gasteiger partial charge in [-0.2, -0.15) is 0 Å². The van der Waals surface area contributed by atoms with Crippen LogP contribution in [0.3, 0.4) is 0 Å². The van der Waals surface area contributed by atoms with E-state index in [1.807, 2.05) is 12.1 Å². The lowest BCUT2D eigenvalue weighted by atomic mass is 9.89. The van der Waals surface area contributed by atoms with Crippen LogP contribution in [0.5, 0.6) is 5.75 Å². The van der Waals surface area contributed by atoms with Gasteiger partial charge < -0.3 is 14.8 Å². The number of methoxy groups -OCH3 is 1. The molecule has 0 radical (unpaired) electrons. The number of ether oxygens (including phenoxy) is 2. The van der Waals surface area contributed by atoms with E-state index >= 15 is 0 Å². The summed E-state index contributed by atoms with van der Waals surface area (Å²) >= 11 is 0. The topological polar surface area (TPSA) is 30.5 Å². The molecule has 0 bridgehead atoms. The molecule has 88 valence electrons. The van der Waals surface area contributed by atoms with Gasteiger partial charge in [0.1, 0.15) is 5.75 Å². The summed E-state index contributed by atoms with van der Waals surface area (Å²) in [4.78, 5) is 0. The summed E-state index contributed by atoms with van der Waals surface area (Å²) in [6.45, 7) is 5.88. The first-order valence-corrected chi connectivity index (χ1v) is 5.63. The first-order chi connectivity index (χ1) is 7.72. The molecule has 1 aliphatic heterocycles. The third-order valence-corrected chi connectivity index (χ3v) is 2.92. The standard InChI is InChI=1S/C13H19NO2/c1-13(9-16-10-13)8-14-7-11-4-3-5-12(6-11)15-2/h3-6,14H,7-10H2,1-2H3. The van der Waals surface area contributed by atoms with Crippen LogP contribution in [0.1, 0.15) is 12.5 Å². The molecule has 16 heavy (non-hydrogen) atoms. The van der Waals surface area contributed by atoms with Crippen LogP contribution in [-0.2, 0) is 11.3 Å². The van der Waals surface area contributed by atoms with Crippen molar-refractivity contribution in [2.45, 2.75) is 13.5 Å². The number of benzene rings is 1. The van der Waals surface area contributed by atoms with Crippen molar-refractivity contribution in [2.24, 2.45) is 5.41 Å². The maximum atomic E-state index is 5.22. The van der Waals surface area contributed by atoms with Crippen LogP contribution in [0.2, 0.25) is 0 Å². The van der Waals surface area contributed by atoms with E-state index in [9.17, 15) is 0 Å².